The summed E-state index contributed by atoms with van der Waals surface area (Å²) in [6.45, 7) is 4.03. The Morgan fingerprint density at radius 3 is 2.52 bits per heavy atom. The van der Waals surface area contributed by atoms with Gasteiger partial charge in [-0.1, -0.05) is 42.5 Å². The first kappa shape index (κ1) is 17.0. The van der Waals surface area contributed by atoms with E-state index in [1.165, 1.54) is 4.57 Å². The van der Waals surface area contributed by atoms with Gasteiger partial charge in [0.2, 0.25) is 0 Å². The molecule has 0 saturated carbocycles. The maximum atomic E-state index is 13.0. The van der Waals surface area contributed by atoms with E-state index >= 15 is 0 Å². The van der Waals surface area contributed by atoms with Crippen LogP contribution in [-0.2, 0) is 6.54 Å². The van der Waals surface area contributed by atoms with Crippen molar-refractivity contribution in [3.63, 3.8) is 0 Å². The Hall–Kier alpha value is -3.42. The zero-order valence-corrected chi connectivity index (χ0v) is 15.4. The normalized spacial score (nSPS) is 10.6. The first-order chi connectivity index (χ1) is 13.2. The lowest BCUT2D eigenvalue weighted by Gasteiger charge is -2.15. The van der Waals surface area contributed by atoms with Gasteiger partial charge in [-0.25, -0.2) is 0 Å². The molecule has 130 valence electrons. The molecule has 0 atom stereocenters. The van der Waals surface area contributed by atoms with Gasteiger partial charge in [0.25, 0.3) is 5.56 Å². The molecule has 0 aliphatic carbocycles. The van der Waals surface area contributed by atoms with Crippen LogP contribution in [0.3, 0.4) is 0 Å². The number of benzene rings is 2. The molecule has 0 fully saturated rings. The molecule has 0 radical (unpaired) electrons. The topological polar surface area (TPSA) is 45.8 Å². The fourth-order valence-electron chi connectivity index (χ4n) is 3.37. The Labute approximate surface area is 161 Å². The van der Waals surface area contributed by atoms with Crippen molar-refractivity contribution >= 4 is 22.1 Å². The van der Waals surface area contributed by atoms with Gasteiger partial charge in [-0.05, 0) is 51.0 Å². The molecule has 2 heterocycles. The molecule has 0 spiro atoms. The molecule has 2 aromatic carbocycles. The van der Waals surface area contributed by atoms with Crippen molar-refractivity contribution in [3.05, 3.63) is 94.1 Å². The van der Waals surface area contributed by atoms with Gasteiger partial charge in [0, 0.05) is 17.5 Å². The number of allylic oxidation sites excluding steroid dienone is 1. The Bertz CT molecular complexity index is 1230. The number of aromatic nitrogens is 1. The van der Waals surface area contributed by atoms with Crippen molar-refractivity contribution in [1.82, 2.24) is 4.57 Å². The second-order valence-electron chi connectivity index (χ2n) is 6.18. The van der Waals surface area contributed by atoms with Gasteiger partial charge in [0.05, 0.1) is 0 Å². The highest BCUT2D eigenvalue weighted by atomic mass is 32.1. The summed E-state index contributed by atoms with van der Waals surface area (Å²) in [6.07, 6.45) is 1.64. The quantitative estimate of drug-likeness (QED) is 0.449. The summed E-state index contributed by atoms with van der Waals surface area (Å²) >= 11 is 1.63. The van der Waals surface area contributed by atoms with Crippen LogP contribution >= 0.6 is 11.3 Å². The van der Waals surface area contributed by atoms with Crippen LogP contribution in [-0.4, -0.2) is 4.57 Å². The lowest BCUT2D eigenvalue weighted by atomic mass is 9.94. The van der Waals surface area contributed by atoms with E-state index < -0.39 is 0 Å². The molecular formula is C23H16N2OS. The van der Waals surface area contributed by atoms with Crippen LogP contribution in [0.2, 0.25) is 0 Å². The van der Waals surface area contributed by atoms with E-state index in [-0.39, 0.29) is 5.56 Å². The van der Waals surface area contributed by atoms with E-state index in [1.807, 2.05) is 53.9 Å². The molecule has 4 aromatic rings. The van der Waals surface area contributed by atoms with Crippen molar-refractivity contribution in [2.75, 3.05) is 0 Å². The number of hydrogen-bond donors (Lipinski definition) is 0. The molecule has 0 unspecified atom stereocenters. The minimum Gasteiger partial charge on any atom is -0.295 e. The smallest absolute Gasteiger partial charge is 0.259 e. The minimum absolute atomic E-state index is 0.169. The Morgan fingerprint density at radius 1 is 1.04 bits per heavy atom. The van der Waals surface area contributed by atoms with Gasteiger partial charge < -0.3 is 0 Å². The predicted octanol–water partition coefficient (Wildman–Crippen LogP) is 5.45. The highest BCUT2D eigenvalue weighted by Crippen LogP contribution is 2.33. The Balaban J connectivity index is 2.16. The average molecular weight is 368 g/mol. The van der Waals surface area contributed by atoms with Crippen LogP contribution in [0.4, 0.5) is 0 Å². The molecule has 2 aromatic heterocycles. The van der Waals surface area contributed by atoms with Crippen molar-refractivity contribution in [2.24, 2.45) is 0 Å². The molecule has 27 heavy (non-hydrogen) atoms. The minimum atomic E-state index is -0.169. The Kier molecular flexibility index (Phi) is 4.45. The van der Waals surface area contributed by atoms with Gasteiger partial charge in [0.15, 0.2) is 0 Å². The maximum Gasteiger partial charge on any atom is 0.259 e. The summed E-state index contributed by atoms with van der Waals surface area (Å²) in [5.41, 5.74) is 4.03. The molecule has 0 bridgehead atoms. The average Bonchev–Trinajstić information content (AvgIpc) is 3.25. The third kappa shape index (κ3) is 2.88. The zero-order chi connectivity index (χ0) is 18.8. The molecule has 4 rings (SSSR count). The number of hydrogen-bond acceptors (Lipinski definition) is 3. The van der Waals surface area contributed by atoms with Crippen molar-refractivity contribution in [3.8, 4) is 28.3 Å². The first-order valence-corrected chi connectivity index (χ1v) is 9.48. The molecular weight excluding hydrogens is 352 g/mol. The van der Waals surface area contributed by atoms with E-state index in [9.17, 15) is 10.1 Å². The highest BCUT2D eigenvalue weighted by molar-refractivity contribution is 7.08. The van der Waals surface area contributed by atoms with E-state index in [0.717, 1.165) is 27.6 Å². The fraction of sp³-hybridized carbons (Fsp3) is 0.0435. The van der Waals surface area contributed by atoms with Crippen LogP contribution < -0.4 is 5.56 Å². The summed E-state index contributed by atoms with van der Waals surface area (Å²) in [4.78, 5) is 13.0. The summed E-state index contributed by atoms with van der Waals surface area (Å²) in [7, 11) is 0. The van der Waals surface area contributed by atoms with Crippen LogP contribution in [0.5, 0.6) is 0 Å². The van der Waals surface area contributed by atoms with Crippen molar-refractivity contribution in [2.45, 2.75) is 6.54 Å². The lowest BCUT2D eigenvalue weighted by Crippen LogP contribution is -2.23. The van der Waals surface area contributed by atoms with E-state index in [1.54, 1.807) is 17.4 Å². The number of rotatable bonds is 4. The summed E-state index contributed by atoms with van der Waals surface area (Å²) in [5.74, 6) is 0. The van der Waals surface area contributed by atoms with Crippen LogP contribution in [0, 0.1) is 11.3 Å². The van der Waals surface area contributed by atoms with E-state index in [2.05, 4.69) is 24.1 Å². The maximum absolute atomic E-state index is 13.0. The molecule has 3 nitrogen and oxygen atoms in total. The second kappa shape index (κ2) is 7.06. The molecule has 0 saturated heterocycles. The summed E-state index contributed by atoms with van der Waals surface area (Å²) in [6, 6.07) is 19.9. The number of fused-ring (bicyclic) bond motifs is 1. The number of thiophene rings is 1. The Morgan fingerprint density at radius 2 is 1.85 bits per heavy atom. The third-order valence-electron chi connectivity index (χ3n) is 4.61. The van der Waals surface area contributed by atoms with E-state index in [0.29, 0.717) is 17.6 Å². The van der Waals surface area contributed by atoms with Crippen molar-refractivity contribution in [1.29, 1.82) is 5.26 Å². The molecule has 0 N–H and O–H groups in total. The molecule has 4 heteroatoms. The molecule has 0 amide bonds. The SMILES string of the molecule is C=CCn1c(C#N)c(-c2ccccc2)c2cc(-c3ccsc3)ccc2c1=O. The standard InChI is InChI=1S/C23H16N2OS/c1-2-11-25-21(14-24)22(16-6-4-3-5-7-16)20-13-17(18-10-12-27-15-18)8-9-19(20)23(25)26/h2-10,12-13,15H,1,11H2. The van der Waals surface area contributed by atoms with Crippen LogP contribution in [0.1, 0.15) is 5.69 Å². The zero-order valence-electron chi connectivity index (χ0n) is 14.6. The first-order valence-electron chi connectivity index (χ1n) is 8.54. The monoisotopic (exact) mass is 368 g/mol. The van der Waals surface area contributed by atoms with Gasteiger partial charge in [-0.15, -0.1) is 6.58 Å². The summed E-state index contributed by atoms with van der Waals surface area (Å²) < 4.78 is 1.50. The van der Waals surface area contributed by atoms with Crippen LogP contribution in [0.15, 0.2) is 82.8 Å². The number of nitrogens with zero attached hydrogens (tertiary/aromatic N) is 2. The largest absolute Gasteiger partial charge is 0.295 e. The van der Waals surface area contributed by atoms with Crippen LogP contribution in [0.25, 0.3) is 33.0 Å². The highest BCUT2D eigenvalue weighted by Gasteiger charge is 2.18. The predicted molar refractivity (Wildman–Crippen MR) is 112 cm³/mol. The second-order valence-corrected chi connectivity index (χ2v) is 6.96. The fourth-order valence-corrected chi connectivity index (χ4v) is 4.04. The summed E-state index contributed by atoms with van der Waals surface area (Å²) in [5, 5.41) is 15.4. The number of nitriles is 1. The molecule has 0 aliphatic rings. The van der Waals surface area contributed by atoms with Gasteiger partial charge in [-0.2, -0.15) is 16.6 Å². The van der Waals surface area contributed by atoms with Gasteiger partial charge in [-0.3, -0.25) is 9.36 Å². The number of pyridine rings is 1. The van der Waals surface area contributed by atoms with Gasteiger partial charge in [0.1, 0.15) is 11.8 Å². The molecule has 0 aliphatic heterocycles. The lowest BCUT2D eigenvalue weighted by molar-refractivity contribution is 0.777. The van der Waals surface area contributed by atoms with Crippen molar-refractivity contribution < 1.29 is 0 Å². The third-order valence-corrected chi connectivity index (χ3v) is 5.29. The van der Waals surface area contributed by atoms with E-state index in [4.69, 9.17) is 0 Å². The van der Waals surface area contributed by atoms with Gasteiger partial charge >= 0.3 is 0 Å².